The zero-order chi connectivity index (χ0) is 12.1. The highest BCUT2D eigenvalue weighted by molar-refractivity contribution is 5.99. The van der Waals surface area contributed by atoms with Crippen molar-refractivity contribution in [1.29, 1.82) is 0 Å². The van der Waals surface area contributed by atoms with Gasteiger partial charge in [0.25, 0.3) is 0 Å². The summed E-state index contributed by atoms with van der Waals surface area (Å²) >= 11 is 0. The Morgan fingerprint density at radius 1 is 1.00 bits per heavy atom. The van der Waals surface area contributed by atoms with Crippen molar-refractivity contribution < 1.29 is 5.11 Å². The predicted octanol–water partition coefficient (Wildman–Crippen LogP) is 3.64. The number of phenols is 1. The van der Waals surface area contributed by atoms with Crippen LogP contribution < -0.4 is 0 Å². The number of benzene rings is 2. The first-order valence-electron chi connectivity index (χ1n) is 6.25. The molecule has 2 heteroatoms. The number of fused-ring (bicyclic) bond motifs is 5. The van der Waals surface area contributed by atoms with Gasteiger partial charge < -0.3 is 10.1 Å². The molecule has 0 saturated carbocycles. The first kappa shape index (κ1) is 9.77. The van der Waals surface area contributed by atoms with E-state index in [1.54, 1.807) is 6.07 Å². The molecule has 0 saturated heterocycles. The second-order valence-corrected chi connectivity index (χ2v) is 4.87. The van der Waals surface area contributed by atoms with Crippen molar-refractivity contribution in [2.75, 3.05) is 0 Å². The van der Waals surface area contributed by atoms with Gasteiger partial charge in [0.15, 0.2) is 0 Å². The lowest BCUT2D eigenvalue weighted by Crippen LogP contribution is -2.02. The van der Waals surface area contributed by atoms with Crippen LogP contribution in [0.15, 0.2) is 42.5 Å². The van der Waals surface area contributed by atoms with Gasteiger partial charge in [0.1, 0.15) is 5.75 Å². The largest absolute Gasteiger partial charge is 0.508 e. The standard InChI is InChI=1S/C16H13NO/c18-11-6-8-14-13(9-11)16-12-4-2-1-3-10(12)5-7-15(16)17-14/h1-4,6,8-9,17-18H,5,7H2. The molecule has 88 valence electrons. The Morgan fingerprint density at radius 2 is 1.89 bits per heavy atom. The highest BCUT2D eigenvalue weighted by atomic mass is 16.3. The molecule has 3 aromatic rings. The number of H-pyrrole nitrogens is 1. The van der Waals surface area contributed by atoms with Gasteiger partial charge in [-0.3, -0.25) is 0 Å². The van der Waals surface area contributed by atoms with Gasteiger partial charge in [0.05, 0.1) is 0 Å². The summed E-state index contributed by atoms with van der Waals surface area (Å²) in [6, 6.07) is 14.1. The third-order valence-electron chi connectivity index (χ3n) is 3.79. The van der Waals surface area contributed by atoms with E-state index in [0.29, 0.717) is 5.75 Å². The molecule has 4 rings (SSSR count). The number of aromatic hydroxyl groups is 1. The molecule has 0 fully saturated rings. The molecular weight excluding hydrogens is 222 g/mol. The lowest BCUT2D eigenvalue weighted by molar-refractivity contribution is 0.476. The fraction of sp³-hybridized carbons (Fsp3) is 0.125. The number of aryl methyl sites for hydroxylation is 2. The second kappa shape index (κ2) is 3.39. The first-order valence-corrected chi connectivity index (χ1v) is 6.25. The normalized spacial score (nSPS) is 13.3. The average molecular weight is 235 g/mol. The Morgan fingerprint density at radius 3 is 2.83 bits per heavy atom. The van der Waals surface area contributed by atoms with Crippen LogP contribution in [-0.2, 0) is 12.8 Å². The van der Waals surface area contributed by atoms with Gasteiger partial charge in [-0.1, -0.05) is 24.3 Å². The third kappa shape index (κ3) is 1.23. The quantitative estimate of drug-likeness (QED) is 0.613. The van der Waals surface area contributed by atoms with E-state index in [2.05, 4.69) is 29.2 Å². The number of aromatic amines is 1. The fourth-order valence-electron chi connectivity index (χ4n) is 2.97. The highest BCUT2D eigenvalue weighted by Gasteiger charge is 2.20. The molecule has 0 amide bonds. The van der Waals surface area contributed by atoms with Crippen molar-refractivity contribution >= 4 is 10.9 Å². The van der Waals surface area contributed by atoms with E-state index in [9.17, 15) is 5.11 Å². The maximum atomic E-state index is 9.68. The minimum absolute atomic E-state index is 0.326. The minimum Gasteiger partial charge on any atom is -0.508 e. The van der Waals surface area contributed by atoms with Crippen LogP contribution in [0.4, 0.5) is 0 Å². The Bertz CT molecular complexity index is 755. The molecule has 0 aliphatic heterocycles. The van der Waals surface area contributed by atoms with Crippen LogP contribution in [0, 0.1) is 0 Å². The van der Waals surface area contributed by atoms with Crippen LogP contribution in [0.25, 0.3) is 22.0 Å². The smallest absolute Gasteiger partial charge is 0.116 e. The molecule has 2 aromatic carbocycles. The van der Waals surface area contributed by atoms with Crippen LogP contribution in [-0.4, -0.2) is 10.1 Å². The van der Waals surface area contributed by atoms with Gasteiger partial charge in [-0.15, -0.1) is 0 Å². The lowest BCUT2D eigenvalue weighted by Gasteiger charge is -2.16. The molecule has 1 aliphatic carbocycles. The van der Waals surface area contributed by atoms with Crippen LogP contribution in [0.5, 0.6) is 5.75 Å². The molecule has 0 atom stereocenters. The van der Waals surface area contributed by atoms with Gasteiger partial charge in [0.2, 0.25) is 0 Å². The first-order chi connectivity index (χ1) is 8.83. The minimum atomic E-state index is 0.326. The van der Waals surface area contributed by atoms with E-state index in [0.717, 1.165) is 23.7 Å². The molecule has 1 aliphatic rings. The molecule has 1 aromatic heterocycles. The molecular formula is C16H13NO. The SMILES string of the molecule is Oc1ccc2[nH]c3c(c2c1)-c1ccccc1CC3. The highest BCUT2D eigenvalue weighted by Crippen LogP contribution is 2.39. The summed E-state index contributed by atoms with van der Waals surface area (Å²) in [6.07, 6.45) is 2.13. The van der Waals surface area contributed by atoms with Crippen molar-refractivity contribution in [3.05, 3.63) is 53.7 Å². The Balaban J connectivity index is 2.13. The average Bonchev–Trinajstić information content (AvgIpc) is 2.77. The van der Waals surface area contributed by atoms with Crippen molar-refractivity contribution in [2.24, 2.45) is 0 Å². The number of rotatable bonds is 0. The summed E-state index contributed by atoms with van der Waals surface area (Å²) in [5, 5.41) is 10.8. The number of hydrogen-bond donors (Lipinski definition) is 2. The van der Waals surface area contributed by atoms with E-state index < -0.39 is 0 Å². The molecule has 0 spiro atoms. The molecule has 2 nitrogen and oxygen atoms in total. The number of hydrogen-bond acceptors (Lipinski definition) is 1. The second-order valence-electron chi connectivity index (χ2n) is 4.87. The number of phenolic OH excluding ortho intramolecular Hbond substituents is 1. The van der Waals surface area contributed by atoms with E-state index in [1.807, 2.05) is 12.1 Å². The topological polar surface area (TPSA) is 36.0 Å². The summed E-state index contributed by atoms with van der Waals surface area (Å²) in [4.78, 5) is 3.47. The number of nitrogens with one attached hydrogen (secondary N) is 1. The predicted molar refractivity (Wildman–Crippen MR) is 72.8 cm³/mol. The maximum absolute atomic E-state index is 9.68. The van der Waals surface area contributed by atoms with Crippen LogP contribution in [0.2, 0.25) is 0 Å². The van der Waals surface area contributed by atoms with Crippen molar-refractivity contribution in [2.45, 2.75) is 12.8 Å². The van der Waals surface area contributed by atoms with Gasteiger partial charge in [0, 0.05) is 22.2 Å². The maximum Gasteiger partial charge on any atom is 0.116 e. The van der Waals surface area contributed by atoms with Gasteiger partial charge >= 0.3 is 0 Å². The lowest BCUT2D eigenvalue weighted by atomic mass is 9.88. The number of aromatic nitrogens is 1. The molecule has 0 unspecified atom stereocenters. The Hall–Kier alpha value is -2.22. The molecule has 0 bridgehead atoms. The van der Waals surface area contributed by atoms with Crippen LogP contribution >= 0.6 is 0 Å². The van der Waals surface area contributed by atoms with E-state index in [1.165, 1.54) is 22.4 Å². The Labute approximate surface area is 105 Å². The Kier molecular flexibility index (Phi) is 1.84. The monoisotopic (exact) mass is 235 g/mol. The summed E-state index contributed by atoms with van der Waals surface area (Å²) in [7, 11) is 0. The van der Waals surface area contributed by atoms with Gasteiger partial charge in [-0.25, -0.2) is 0 Å². The van der Waals surface area contributed by atoms with Crippen molar-refractivity contribution in [3.8, 4) is 16.9 Å². The molecule has 18 heavy (non-hydrogen) atoms. The summed E-state index contributed by atoms with van der Waals surface area (Å²) in [5.41, 5.74) is 6.36. The van der Waals surface area contributed by atoms with Gasteiger partial charge in [-0.2, -0.15) is 0 Å². The summed E-state index contributed by atoms with van der Waals surface area (Å²) < 4.78 is 0. The third-order valence-corrected chi connectivity index (χ3v) is 3.79. The summed E-state index contributed by atoms with van der Waals surface area (Å²) in [5.74, 6) is 0.326. The van der Waals surface area contributed by atoms with Gasteiger partial charge in [-0.05, 0) is 42.2 Å². The zero-order valence-corrected chi connectivity index (χ0v) is 9.90. The molecule has 0 radical (unpaired) electrons. The van der Waals surface area contributed by atoms with Crippen LogP contribution in [0.3, 0.4) is 0 Å². The zero-order valence-electron chi connectivity index (χ0n) is 9.90. The fourth-order valence-corrected chi connectivity index (χ4v) is 2.97. The van der Waals surface area contributed by atoms with Crippen LogP contribution in [0.1, 0.15) is 11.3 Å². The van der Waals surface area contributed by atoms with Crippen molar-refractivity contribution in [1.82, 2.24) is 4.98 Å². The van der Waals surface area contributed by atoms with E-state index >= 15 is 0 Å². The summed E-state index contributed by atoms with van der Waals surface area (Å²) in [6.45, 7) is 0. The van der Waals surface area contributed by atoms with E-state index in [-0.39, 0.29) is 0 Å². The van der Waals surface area contributed by atoms with E-state index in [4.69, 9.17) is 0 Å². The van der Waals surface area contributed by atoms with Crippen molar-refractivity contribution in [3.63, 3.8) is 0 Å². The molecule has 2 N–H and O–H groups in total. The molecule has 1 heterocycles.